The van der Waals surface area contributed by atoms with Gasteiger partial charge in [-0.2, -0.15) is 0 Å². The molecule has 0 unspecified atom stereocenters. The zero-order valence-electron chi connectivity index (χ0n) is 12.1. The van der Waals surface area contributed by atoms with Crippen LogP contribution < -0.4 is 16.4 Å². The van der Waals surface area contributed by atoms with E-state index in [-0.39, 0.29) is 6.03 Å². The minimum atomic E-state index is -0.137. The molecule has 7 heteroatoms. The molecule has 1 amide bonds. The fourth-order valence-corrected chi connectivity index (χ4v) is 2.22. The summed E-state index contributed by atoms with van der Waals surface area (Å²) in [4.78, 5) is 19.9. The predicted octanol–water partition coefficient (Wildman–Crippen LogP) is 2.33. The van der Waals surface area contributed by atoms with Gasteiger partial charge in [-0.1, -0.05) is 0 Å². The predicted molar refractivity (Wildman–Crippen MR) is 86.1 cm³/mol. The van der Waals surface area contributed by atoms with Crippen LogP contribution in [0.25, 0.3) is 10.9 Å². The molecule has 0 saturated carbocycles. The number of anilines is 3. The topological polar surface area (TPSA) is 97.9 Å². The minimum Gasteiger partial charge on any atom is -0.384 e. The Hall–Kier alpha value is -3.09. The lowest BCUT2D eigenvalue weighted by molar-refractivity contribution is 0.244. The number of carbonyl (C=O) groups excluding carboxylic acids is 1. The summed E-state index contributed by atoms with van der Waals surface area (Å²) in [6.45, 7) is 2.48. The van der Waals surface area contributed by atoms with Crippen LogP contribution in [0.15, 0.2) is 42.9 Å². The second kappa shape index (κ2) is 5.72. The van der Waals surface area contributed by atoms with Crippen molar-refractivity contribution in [1.82, 2.24) is 19.9 Å². The molecule has 3 rings (SSSR count). The number of nitrogens with one attached hydrogen (secondary N) is 2. The normalized spacial score (nSPS) is 10.6. The molecule has 2 aromatic heterocycles. The van der Waals surface area contributed by atoms with E-state index in [1.807, 2.05) is 31.2 Å². The number of amides is 1. The molecule has 4 N–H and O–H groups in total. The summed E-state index contributed by atoms with van der Waals surface area (Å²) < 4.78 is 1.59. The maximum absolute atomic E-state index is 11.9. The molecule has 0 saturated heterocycles. The molecular formula is C15H16N6O. The Bertz CT molecular complexity index is 826. The van der Waals surface area contributed by atoms with Crippen LogP contribution in [0.1, 0.15) is 6.92 Å². The number of hydrogen-bond donors (Lipinski definition) is 3. The van der Waals surface area contributed by atoms with Gasteiger partial charge in [-0.25, -0.2) is 14.8 Å². The van der Waals surface area contributed by atoms with Crippen LogP contribution in [0, 0.1) is 0 Å². The molecule has 0 aliphatic heterocycles. The molecule has 0 aliphatic carbocycles. The highest BCUT2D eigenvalue weighted by molar-refractivity contribution is 5.93. The van der Waals surface area contributed by atoms with Gasteiger partial charge in [0.2, 0.25) is 0 Å². The van der Waals surface area contributed by atoms with E-state index in [0.29, 0.717) is 18.2 Å². The first kappa shape index (κ1) is 13.9. The van der Waals surface area contributed by atoms with Crippen LogP contribution >= 0.6 is 0 Å². The van der Waals surface area contributed by atoms with Crippen LogP contribution in [0.4, 0.5) is 22.1 Å². The highest BCUT2D eigenvalue weighted by Gasteiger charge is 2.08. The third kappa shape index (κ3) is 2.69. The first-order chi connectivity index (χ1) is 10.7. The third-order valence-electron chi connectivity index (χ3n) is 3.20. The molecule has 0 radical (unpaired) electrons. The molecule has 1 aromatic carbocycles. The van der Waals surface area contributed by atoms with Gasteiger partial charge >= 0.3 is 6.03 Å². The van der Waals surface area contributed by atoms with Crippen molar-refractivity contribution in [2.75, 3.05) is 17.6 Å². The van der Waals surface area contributed by atoms with Crippen molar-refractivity contribution < 1.29 is 4.79 Å². The van der Waals surface area contributed by atoms with Gasteiger partial charge in [0.1, 0.15) is 18.0 Å². The molecular weight excluding hydrogens is 280 g/mol. The Labute approximate surface area is 127 Å². The Kier molecular flexibility index (Phi) is 3.61. The molecule has 2 heterocycles. The lowest BCUT2D eigenvalue weighted by Crippen LogP contribution is -2.27. The second-order valence-electron chi connectivity index (χ2n) is 4.75. The Balaban J connectivity index is 1.89. The zero-order chi connectivity index (χ0) is 15.5. The summed E-state index contributed by atoms with van der Waals surface area (Å²) in [5.74, 6) is 1.02. The number of carbonyl (C=O) groups is 1. The van der Waals surface area contributed by atoms with Crippen molar-refractivity contribution in [2.45, 2.75) is 6.92 Å². The molecule has 112 valence electrons. The quantitative estimate of drug-likeness (QED) is 0.689. The maximum atomic E-state index is 11.9. The summed E-state index contributed by atoms with van der Waals surface area (Å²) in [7, 11) is 0. The van der Waals surface area contributed by atoms with Gasteiger partial charge in [0.05, 0.1) is 5.52 Å². The number of nitrogen functional groups attached to an aromatic ring is 1. The fourth-order valence-electron chi connectivity index (χ4n) is 2.22. The number of aromatic nitrogens is 3. The van der Waals surface area contributed by atoms with Crippen molar-refractivity contribution in [3.8, 4) is 0 Å². The summed E-state index contributed by atoms with van der Waals surface area (Å²) in [6, 6.07) is 9.13. The number of hydrogen-bond acceptors (Lipinski definition) is 5. The average molecular weight is 296 g/mol. The highest BCUT2D eigenvalue weighted by atomic mass is 16.2. The molecule has 0 atom stereocenters. The van der Waals surface area contributed by atoms with E-state index in [9.17, 15) is 4.79 Å². The van der Waals surface area contributed by atoms with Gasteiger partial charge in [-0.05, 0) is 31.2 Å². The van der Waals surface area contributed by atoms with Crippen LogP contribution in [-0.2, 0) is 0 Å². The largest absolute Gasteiger partial charge is 0.384 e. The molecule has 22 heavy (non-hydrogen) atoms. The van der Waals surface area contributed by atoms with E-state index < -0.39 is 0 Å². The smallest absolute Gasteiger partial charge is 0.326 e. The summed E-state index contributed by atoms with van der Waals surface area (Å²) in [5, 5.41) is 6.89. The van der Waals surface area contributed by atoms with Gasteiger partial charge in [0, 0.05) is 29.9 Å². The minimum absolute atomic E-state index is 0.137. The molecule has 0 aliphatic rings. The number of fused-ring (bicyclic) bond motifs is 1. The van der Waals surface area contributed by atoms with E-state index in [1.54, 1.807) is 16.8 Å². The maximum Gasteiger partial charge on any atom is 0.326 e. The summed E-state index contributed by atoms with van der Waals surface area (Å²) >= 11 is 0. The summed E-state index contributed by atoms with van der Waals surface area (Å²) in [6.07, 6.45) is 3.16. The van der Waals surface area contributed by atoms with Crippen molar-refractivity contribution >= 4 is 34.3 Å². The molecule has 0 spiro atoms. The zero-order valence-corrected chi connectivity index (χ0v) is 12.1. The van der Waals surface area contributed by atoms with Crippen molar-refractivity contribution in [1.29, 1.82) is 0 Å². The van der Waals surface area contributed by atoms with Gasteiger partial charge in [-0.15, -0.1) is 0 Å². The van der Waals surface area contributed by atoms with Crippen LogP contribution in [0.2, 0.25) is 0 Å². The van der Waals surface area contributed by atoms with Crippen LogP contribution in [0.3, 0.4) is 0 Å². The Morgan fingerprint density at radius 1 is 1.27 bits per heavy atom. The van der Waals surface area contributed by atoms with E-state index in [1.165, 1.54) is 6.33 Å². The van der Waals surface area contributed by atoms with Gasteiger partial charge < -0.3 is 16.4 Å². The third-order valence-corrected chi connectivity index (χ3v) is 3.20. The molecule has 0 bridgehead atoms. The fraction of sp³-hybridized carbons (Fsp3) is 0.133. The molecule has 3 aromatic rings. The van der Waals surface area contributed by atoms with Crippen LogP contribution in [0.5, 0.6) is 0 Å². The van der Waals surface area contributed by atoms with Gasteiger partial charge in [0.25, 0.3) is 0 Å². The van der Waals surface area contributed by atoms with E-state index in [4.69, 9.17) is 5.73 Å². The van der Waals surface area contributed by atoms with Crippen molar-refractivity contribution in [3.63, 3.8) is 0 Å². The SMILES string of the molecule is CCNC(=O)n1ccc2cc(Nc3cc(N)ncn3)ccc21. The van der Waals surface area contributed by atoms with Gasteiger partial charge in [0.15, 0.2) is 0 Å². The van der Waals surface area contributed by atoms with E-state index in [2.05, 4.69) is 20.6 Å². The lowest BCUT2D eigenvalue weighted by Gasteiger charge is -2.07. The van der Waals surface area contributed by atoms with E-state index in [0.717, 1.165) is 16.6 Å². The van der Waals surface area contributed by atoms with Crippen molar-refractivity contribution in [2.24, 2.45) is 0 Å². The first-order valence-corrected chi connectivity index (χ1v) is 6.91. The lowest BCUT2D eigenvalue weighted by atomic mass is 10.2. The molecule has 7 nitrogen and oxygen atoms in total. The van der Waals surface area contributed by atoms with Crippen molar-refractivity contribution in [3.05, 3.63) is 42.9 Å². The monoisotopic (exact) mass is 296 g/mol. The number of rotatable bonds is 3. The number of benzene rings is 1. The Morgan fingerprint density at radius 2 is 2.14 bits per heavy atom. The van der Waals surface area contributed by atoms with Crippen LogP contribution in [-0.4, -0.2) is 27.1 Å². The highest BCUT2D eigenvalue weighted by Crippen LogP contribution is 2.22. The number of nitrogens with zero attached hydrogens (tertiary/aromatic N) is 3. The standard InChI is InChI=1S/C15H16N6O/c1-2-17-15(22)21-6-5-10-7-11(3-4-12(10)21)20-14-8-13(16)18-9-19-14/h3-9H,2H2,1H3,(H,17,22)(H3,16,18,19,20). The van der Waals surface area contributed by atoms with E-state index >= 15 is 0 Å². The Morgan fingerprint density at radius 3 is 2.91 bits per heavy atom. The molecule has 0 fully saturated rings. The first-order valence-electron chi connectivity index (χ1n) is 6.91. The average Bonchev–Trinajstić information content (AvgIpc) is 2.90. The second-order valence-corrected chi connectivity index (χ2v) is 4.75. The van der Waals surface area contributed by atoms with Gasteiger partial charge in [-0.3, -0.25) is 4.57 Å². The summed E-state index contributed by atoms with van der Waals surface area (Å²) in [5.41, 5.74) is 7.34. The number of nitrogens with two attached hydrogens (primary N) is 1.